The van der Waals surface area contributed by atoms with E-state index in [1.54, 1.807) is 23.1 Å². The zero-order valence-corrected chi connectivity index (χ0v) is 17.9. The summed E-state index contributed by atoms with van der Waals surface area (Å²) >= 11 is 0. The van der Waals surface area contributed by atoms with E-state index in [1.165, 1.54) is 0 Å². The second-order valence-electron chi connectivity index (χ2n) is 7.44. The molecule has 7 heteroatoms. The molecule has 0 unspecified atom stereocenters. The molecule has 0 atom stereocenters. The van der Waals surface area contributed by atoms with Gasteiger partial charge in [-0.15, -0.1) is 0 Å². The van der Waals surface area contributed by atoms with Gasteiger partial charge in [-0.05, 0) is 50.5 Å². The van der Waals surface area contributed by atoms with E-state index in [-0.39, 0.29) is 24.5 Å². The molecule has 0 bridgehead atoms. The van der Waals surface area contributed by atoms with Gasteiger partial charge in [-0.3, -0.25) is 9.59 Å². The minimum atomic E-state index is -0.115. The Labute approximate surface area is 182 Å². The van der Waals surface area contributed by atoms with E-state index in [0.717, 1.165) is 5.56 Å². The van der Waals surface area contributed by atoms with Gasteiger partial charge in [0.2, 0.25) is 0 Å². The van der Waals surface area contributed by atoms with E-state index in [2.05, 4.69) is 11.4 Å². The van der Waals surface area contributed by atoms with Crippen LogP contribution in [0.1, 0.15) is 41.3 Å². The minimum Gasteiger partial charge on any atom is -0.490 e. The van der Waals surface area contributed by atoms with Crippen molar-refractivity contribution in [3.05, 3.63) is 59.2 Å². The highest BCUT2D eigenvalue weighted by molar-refractivity contribution is 5.95. The summed E-state index contributed by atoms with van der Waals surface area (Å²) in [6.07, 6.45) is 1.40. The maximum Gasteiger partial charge on any atom is 0.260 e. The molecule has 7 nitrogen and oxygen atoms in total. The smallest absolute Gasteiger partial charge is 0.260 e. The number of carbonyl (C=O) groups excluding carboxylic acids is 2. The molecule has 0 saturated carbocycles. The van der Waals surface area contributed by atoms with Gasteiger partial charge in [-0.1, -0.05) is 18.2 Å². The third-order valence-corrected chi connectivity index (χ3v) is 5.30. The molecule has 0 radical (unpaired) electrons. The predicted molar refractivity (Wildman–Crippen MR) is 116 cm³/mol. The van der Waals surface area contributed by atoms with Crippen molar-refractivity contribution in [2.24, 2.45) is 0 Å². The molecule has 3 rings (SSSR count). The average Bonchev–Trinajstić information content (AvgIpc) is 2.79. The van der Waals surface area contributed by atoms with Gasteiger partial charge in [0.25, 0.3) is 11.8 Å². The van der Waals surface area contributed by atoms with Crippen molar-refractivity contribution in [1.82, 2.24) is 10.2 Å². The second-order valence-corrected chi connectivity index (χ2v) is 7.44. The van der Waals surface area contributed by atoms with Gasteiger partial charge in [-0.25, -0.2) is 0 Å². The number of likely N-dealkylation sites (tertiary alicyclic amines) is 1. The van der Waals surface area contributed by atoms with E-state index in [4.69, 9.17) is 14.7 Å². The van der Waals surface area contributed by atoms with Gasteiger partial charge in [0.15, 0.2) is 18.1 Å². The first kappa shape index (κ1) is 22.2. The van der Waals surface area contributed by atoms with Crippen molar-refractivity contribution in [3.8, 4) is 17.6 Å². The number of hydrogen-bond acceptors (Lipinski definition) is 5. The van der Waals surface area contributed by atoms with Crippen molar-refractivity contribution in [2.45, 2.75) is 32.7 Å². The Balaban J connectivity index is 1.49. The summed E-state index contributed by atoms with van der Waals surface area (Å²) in [5, 5.41) is 12.1. The number of nitriles is 1. The molecular formula is C24H27N3O4. The lowest BCUT2D eigenvalue weighted by molar-refractivity contribution is -0.134. The van der Waals surface area contributed by atoms with Gasteiger partial charge in [0.05, 0.1) is 18.2 Å². The SMILES string of the molecule is CCOc1cc(C#N)ccc1OCC(=O)N1CCC(NC(=O)c2ccccc2C)CC1. The fourth-order valence-corrected chi connectivity index (χ4v) is 3.56. The molecule has 1 N–H and O–H groups in total. The van der Waals surface area contributed by atoms with Crippen molar-refractivity contribution in [3.63, 3.8) is 0 Å². The Morgan fingerprint density at radius 1 is 1.13 bits per heavy atom. The van der Waals surface area contributed by atoms with Crippen LogP contribution in [0.25, 0.3) is 0 Å². The summed E-state index contributed by atoms with van der Waals surface area (Å²) in [4.78, 5) is 26.8. The lowest BCUT2D eigenvalue weighted by Gasteiger charge is -2.32. The molecule has 1 fully saturated rings. The molecule has 2 aromatic carbocycles. The number of nitrogens with one attached hydrogen (secondary N) is 1. The van der Waals surface area contributed by atoms with Crippen molar-refractivity contribution >= 4 is 11.8 Å². The van der Waals surface area contributed by atoms with Crippen LogP contribution in [0.2, 0.25) is 0 Å². The molecule has 31 heavy (non-hydrogen) atoms. The Bertz CT molecular complexity index is 975. The lowest BCUT2D eigenvalue weighted by Crippen LogP contribution is -2.47. The fraction of sp³-hybridized carbons (Fsp3) is 0.375. The van der Waals surface area contributed by atoms with Gasteiger partial charge in [0.1, 0.15) is 0 Å². The number of amides is 2. The maximum absolute atomic E-state index is 12.6. The Morgan fingerprint density at radius 3 is 2.55 bits per heavy atom. The molecule has 0 spiro atoms. The van der Waals surface area contributed by atoms with Gasteiger partial charge >= 0.3 is 0 Å². The monoisotopic (exact) mass is 421 g/mol. The molecule has 1 saturated heterocycles. The normalized spacial score (nSPS) is 13.9. The largest absolute Gasteiger partial charge is 0.490 e. The molecular weight excluding hydrogens is 394 g/mol. The maximum atomic E-state index is 12.6. The number of rotatable bonds is 7. The van der Waals surface area contributed by atoms with Gasteiger partial charge < -0.3 is 19.7 Å². The van der Waals surface area contributed by atoms with Crippen LogP contribution < -0.4 is 14.8 Å². The highest BCUT2D eigenvalue weighted by Crippen LogP contribution is 2.28. The third kappa shape index (κ3) is 5.76. The Hall–Kier alpha value is -3.53. The second kappa shape index (κ2) is 10.5. The van der Waals surface area contributed by atoms with Crippen LogP contribution in [0.4, 0.5) is 0 Å². The van der Waals surface area contributed by atoms with E-state index in [9.17, 15) is 9.59 Å². The van der Waals surface area contributed by atoms with Crippen LogP contribution in [0.3, 0.4) is 0 Å². The molecule has 1 aliphatic heterocycles. The zero-order chi connectivity index (χ0) is 22.2. The molecule has 1 aliphatic rings. The molecule has 2 amide bonds. The van der Waals surface area contributed by atoms with Crippen LogP contribution in [0.5, 0.6) is 11.5 Å². The highest BCUT2D eigenvalue weighted by atomic mass is 16.5. The first-order chi connectivity index (χ1) is 15.0. The number of hydrogen-bond donors (Lipinski definition) is 1. The van der Waals surface area contributed by atoms with Gasteiger partial charge in [0, 0.05) is 30.8 Å². The third-order valence-electron chi connectivity index (χ3n) is 5.30. The van der Waals surface area contributed by atoms with E-state index >= 15 is 0 Å². The summed E-state index contributed by atoms with van der Waals surface area (Å²) in [5.74, 6) is 0.701. The summed E-state index contributed by atoms with van der Waals surface area (Å²) in [5.41, 5.74) is 2.10. The summed E-state index contributed by atoms with van der Waals surface area (Å²) in [7, 11) is 0. The van der Waals surface area contributed by atoms with Crippen LogP contribution in [-0.4, -0.2) is 49.1 Å². The predicted octanol–water partition coefficient (Wildman–Crippen LogP) is 3.07. The molecule has 1 heterocycles. The zero-order valence-electron chi connectivity index (χ0n) is 17.9. The molecule has 2 aromatic rings. The van der Waals surface area contributed by atoms with E-state index < -0.39 is 0 Å². The topological polar surface area (TPSA) is 91.7 Å². The van der Waals surface area contributed by atoms with Crippen molar-refractivity contribution in [1.29, 1.82) is 5.26 Å². The molecule has 0 aliphatic carbocycles. The first-order valence-corrected chi connectivity index (χ1v) is 10.5. The Kier molecular flexibility index (Phi) is 7.50. The number of nitrogens with zero attached hydrogens (tertiary/aromatic N) is 2. The first-order valence-electron chi connectivity index (χ1n) is 10.5. The number of benzene rings is 2. The van der Waals surface area contributed by atoms with Crippen LogP contribution in [-0.2, 0) is 4.79 Å². The molecule has 162 valence electrons. The summed E-state index contributed by atoms with van der Waals surface area (Å²) in [6, 6.07) is 14.5. The van der Waals surface area contributed by atoms with Crippen LogP contribution in [0, 0.1) is 18.3 Å². The van der Waals surface area contributed by atoms with Crippen molar-refractivity contribution in [2.75, 3.05) is 26.3 Å². The quantitative estimate of drug-likeness (QED) is 0.742. The summed E-state index contributed by atoms with van der Waals surface area (Å²) < 4.78 is 11.2. The van der Waals surface area contributed by atoms with E-state index in [0.29, 0.717) is 55.2 Å². The van der Waals surface area contributed by atoms with Crippen LogP contribution >= 0.6 is 0 Å². The van der Waals surface area contributed by atoms with E-state index in [1.807, 2.05) is 38.1 Å². The Morgan fingerprint density at radius 2 is 1.87 bits per heavy atom. The lowest BCUT2D eigenvalue weighted by atomic mass is 10.0. The van der Waals surface area contributed by atoms with Crippen molar-refractivity contribution < 1.29 is 19.1 Å². The van der Waals surface area contributed by atoms with Crippen LogP contribution in [0.15, 0.2) is 42.5 Å². The highest BCUT2D eigenvalue weighted by Gasteiger charge is 2.25. The minimum absolute atomic E-state index is 0.0418. The number of ether oxygens (including phenoxy) is 2. The fourth-order valence-electron chi connectivity index (χ4n) is 3.56. The number of carbonyl (C=O) groups is 2. The number of piperidine rings is 1. The average molecular weight is 421 g/mol. The number of aryl methyl sites for hydroxylation is 1. The standard InChI is InChI=1S/C24H27N3O4/c1-3-30-22-14-18(15-25)8-9-21(22)31-16-23(28)27-12-10-19(11-13-27)26-24(29)20-7-5-4-6-17(20)2/h4-9,14,19H,3,10-13,16H2,1-2H3,(H,26,29). The molecule has 0 aromatic heterocycles. The summed E-state index contributed by atoms with van der Waals surface area (Å²) in [6.45, 7) is 5.21. The van der Waals surface area contributed by atoms with Gasteiger partial charge in [-0.2, -0.15) is 5.26 Å².